The molecule has 4 nitrogen and oxygen atoms in total. The molecule has 1 heterocycles. The fourth-order valence-corrected chi connectivity index (χ4v) is 2.93. The number of carbonyl (C=O) groups excluding carboxylic acids is 1. The Kier molecular flexibility index (Phi) is 3.37. The highest BCUT2D eigenvalue weighted by molar-refractivity contribution is 6.04. The van der Waals surface area contributed by atoms with Gasteiger partial charge < -0.3 is 9.88 Å². The summed E-state index contributed by atoms with van der Waals surface area (Å²) in [7, 11) is 1.75. The largest absolute Gasteiger partial charge is 0.322 e. The van der Waals surface area contributed by atoms with Gasteiger partial charge in [0.15, 0.2) is 0 Å². The number of hydrogen-bond acceptors (Lipinski definition) is 2. The lowest BCUT2D eigenvalue weighted by Gasteiger charge is -2.12. The molecule has 0 saturated heterocycles. The van der Waals surface area contributed by atoms with Crippen molar-refractivity contribution in [2.45, 2.75) is 25.7 Å². The minimum absolute atomic E-state index is 0.217. The first-order chi connectivity index (χ1) is 10.1. The van der Waals surface area contributed by atoms with Gasteiger partial charge in [-0.1, -0.05) is 25.1 Å². The van der Waals surface area contributed by atoms with E-state index in [-0.39, 0.29) is 17.0 Å². The normalized spacial score (nSPS) is 16.6. The third-order valence-corrected chi connectivity index (χ3v) is 4.19. The summed E-state index contributed by atoms with van der Waals surface area (Å²) in [5.41, 5.74) is 2.86. The molecule has 2 aromatic rings. The smallest absolute Gasteiger partial charge is 0.263 e. The van der Waals surface area contributed by atoms with Crippen molar-refractivity contribution in [3.05, 3.63) is 63.6 Å². The van der Waals surface area contributed by atoms with Crippen molar-refractivity contribution < 1.29 is 4.79 Å². The van der Waals surface area contributed by atoms with Crippen LogP contribution >= 0.6 is 0 Å². The second-order valence-electron chi connectivity index (χ2n) is 5.58. The van der Waals surface area contributed by atoms with Crippen molar-refractivity contribution in [1.29, 1.82) is 0 Å². The summed E-state index contributed by atoms with van der Waals surface area (Å²) in [6, 6.07) is 11.0. The number of rotatable bonds is 2. The molecule has 3 rings (SSSR count). The van der Waals surface area contributed by atoms with Crippen molar-refractivity contribution in [2.75, 3.05) is 5.32 Å². The molecule has 1 N–H and O–H groups in total. The van der Waals surface area contributed by atoms with E-state index >= 15 is 0 Å². The van der Waals surface area contributed by atoms with Gasteiger partial charge in [-0.15, -0.1) is 0 Å². The number of nitrogens with zero attached hydrogens (tertiary/aromatic N) is 1. The Morgan fingerprint density at radius 1 is 1.29 bits per heavy atom. The molecular formula is C17H18N2O2. The molecule has 0 bridgehead atoms. The maximum atomic E-state index is 12.4. The lowest BCUT2D eigenvalue weighted by molar-refractivity contribution is 0.102. The molecule has 21 heavy (non-hydrogen) atoms. The Morgan fingerprint density at radius 2 is 2.00 bits per heavy atom. The zero-order chi connectivity index (χ0) is 15.0. The Bertz CT molecular complexity index is 747. The van der Waals surface area contributed by atoms with Crippen molar-refractivity contribution in [2.24, 2.45) is 7.05 Å². The fourth-order valence-electron chi connectivity index (χ4n) is 2.93. The van der Waals surface area contributed by atoms with E-state index in [1.807, 2.05) is 18.2 Å². The van der Waals surface area contributed by atoms with Crippen LogP contribution < -0.4 is 10.9 Å². The van der Waals surface area contributed by atoms with Gasteiger partial charge in [0.1, 0.15) is 5.56 Å². The minimum atomic E-state index is -0.344. The van der Waals surface area contributed by atoms with E-state index in [9.17, 15) is 9.59 Å². The van der Waals surface area contributed by atoms with E-state index < -0.39 is 0 Å². The molecule has 1 aliphatic rings. The molecule has 1 aliphatic carbocycles. The van der Waals surface area contributed by atoms with Crippen LogP contribution in [-0.4, -0.2) is 10.5 Å². The zero-order valence-electron chi connectivity index (χ0n) is 12.2. The van der Waals surface area contributed by atoms with E-state index in [1.165, 1.54) is 0 Å². The first-order valence-corrected chi connectivity index (χ1v) is 7.17. The Labute approximate surface area is 123 Å². The predicted molar refractivity (Wildman–Crippen MR) is 82.8 cm³/mol. The lowest BCUT2D eigenvalue weighted by atomic mass is 10.0. The minimum Gasteiger partial charge on any atom is -0.322 e. The molecule has 1 aromatic carbocycles. The van der Waals surface area contributed by atoms with Gasteiger partial charge in [-0.25, -0.2) is 0 Å². The molecule has 0 saturated carbocycles. The van der Waals surface area contributed by atoms with Crippen LogP contribution in [0.2, 0.25) is 0 Å². The summed E-state index contributed by atoms with van der Waals surface area (Å²) in [6.07, 6.45) is 1.94. The summed E-state index contributed by atoms with van der Waals surface area (Å²) in [6.45, 7) is 2.13. The van der Waals surface area contributed by atoms with E-state index in [2.05, 4.69) is 12.2 Å². The summed E-state index contributed by atoms with van der Waals surface area (Å²) in [4.78, 5) is 24.7. The van der Waals surface area contributed by atoms with Gasteiger partial charge >= 0.3 is 0 Å². The van der Waals surface area contributed by atoms with E-state index in [1.54, 1.807) is 29.8 Å². The second-order valence-corrected chi connectivity index (χ2v) is 5.58. The van der Waals surface area contributed by atoms with Gasteiger partial charge in [0.05, 0.1) is 0 Å². The topological polar surface area (TPSA) is 51.1 Å². The summed E-state index contributed by atoms with van der Waals surface area (Å²) in [5.74, 6) is 0.0544. The van der Waals surface area contributed by atoms with Gasteiger partial charge in [-0.05, 0) is 42.5 Å². The van der Waals surface area contributed by atoms with Crippen molar-refractivity contribution in [3.63, 3.8) is 0 Å². The summed E-state index contributed by atoms with van der Waals surface area (Å²) < 4.78 is 1.62. The predicted octanol–water partition coefficient (Wildman–Crippen LogP) is 2.69. The fraction of sp³-hybridized carbons (Fsp3) is 0.294. The number of carbonyl (C=O) groups is 1. The molecule has 0 aliphatic heterocycles. The quantitative estimate of drug-likeness (QED) is 0.920. The zero-order valence-corrected chi connectivity index (χ0v) is 12.2. The maximum absolute atomic E-state index is 12.4. The lowest BCUT2D eigenvalue weighted by Crippen LogP contribution is -2.29. The average Bonchev–Trinajstić information content (AvgIpc) is 2.85. The molecule has 0 radical (unpaired) electrons. The van der Waals surface area contributed by atoms with Crippen molar-refractivity contribution >= 4 is 11.6 Å². The number of nitrogens with one attached hydrogen (secondary N) is 1. The average molecular weight is 282 g/mol. The Hall–Kier alpha value is -2.36. The van der Waals surface area contributed by atoms with E-state index in [0.717, 1.165) is 24.1 Å². The molecular weight excluding hydrogens is 264 g/mol. The number of anilines is 1. The van der Waals surface area contributed by atoms with Crippen LogP contribution in [0.4, 0.5) is 5.69 Å². The van der Waals surface area contributed by atoms with E-state index in [4.69, 9.17) is 0 Å². The van der Waals surface area contributed by atoms with Gasteiger partial charge in [0.25, 0.3) is 11.5 Å². The van der Waals surface area contributed by atoms with Gasteiger partial charge in [0.2, 0.25) is 0 Å². The van der Waals surface area contributed by atoms with Crippen LogP contribution in [-0.2, 0) is 13.5 Å². The summed E-state index contributed by atoms with van der Waals surface area (Å²) >= 11 is 0. The number of benzene rings is 1. The van der Waals surface area contributed by atoms with Crippen LogP contribution in [0, 0.1) is 0 Å². The molecule has 1 amide bonds. The van der Waals surface area contributed by atoms with Crippen LogP contribution in [0.15, 0.2) is 41.2 Å². The number of aromatic nitrogens is 1. The van der Waals surface area contributed by atoms with Crippen molar-refractivity contribution in [1.82, 2.24) is 4.57 Å². The highest BCUT2D eigenvalue weighted by atomic mass is 16.2. The van der Waals surface area contributed by atoms with Crippen LogP contribution in [0.1, 0.15) is 40.9 Å². The standard InChI is InChI=1S/C17H18N2O2/c1-11-8-9-15-13(11)10-14(17(21)19(15)2)16(20)18-12-6-4-3-5-7-12/h3-7,10-11H,8-9H2,1-2H3,(H,18,20)/t11-/m0/s1. The third-order valence-electron chi connectivity index (χ3n) is 4.19. The number of para-hydroxylation sites is 1. The summed E-state index contributed by atoms with van der Waals surface area (Å²) in [5, 5.41) is 2.78. The van der Waals surface area contributed by atoms with Crippen LogP contribution in [0.5, 0.6) is 0 Å². The number of fused-ring (bicyclic) bond motifs is 1. The first-order valence-electron chi connectivity index (χ1n) is 7.17. The number of pyridine rings is 1. The molecule has 108 valence electrons. The SMILES string of the molecule is C[C@H]1CCc2c1cc(C(=O)Nc1ccccc1)c(=O)n2C. The van der Waals surface area contributed by atoms with Crippen molar-refractivity contribution in [3.8, 4) is 0 Å². The molecule has 1 atom stereocenters. The third kappa shape index (κ3) is 2.37. The van der Waals surface area contributed by atoms with Gasteiger partial charge in [0, 0.05) is 18.4 Å². The van der Waals surface area contributed by atoms with E-state index in [0.29, 0.717) is 11.6 Å². The first kappa shape index (κ1) is 13.6. The second kappa shape index (κ2) is 5.20. The monoisotopic (exact) mass is 282 g/mol. The molecule has 0 unspecified atom stereocenters. The van der Waals surface area contributed by atoms with Gasteiger partial charge in [-0.2, -0.15) is 0 Å². The molecule has 0 fully saturated rings. The molecule has 1 aromatic heterocycles. The highest BCUT2D eigenvalue weighted by Crippen LogP contribution is 2.31. The number of hydrogen-bond donors (Lipinski definition) is 1. The molecule has 0 spiro atoms. The highest BCUT2D eigenvalue weighted by Gasteiger charge is 2.25. The Morgan fingerprint density at radius 3 is 2.71 bits per heavy atom. The van der Waals surface area contributed by atoms with Crippen LogP contribution in [0.3, 0.4) is 0 Å². The maximum Gasteiger partial charge on any atom is 0.263 e. The number of amides is 1. The van der Waals surface area contributed by atoms with Crippen LogP contribution in [0.25, 0.3) is 0 Å². The molecule has 4 heteroatoms. The van der Waals surface area contributed by atoms with Gasteiger partial charge in [-0.3, -0.25) is 9.59 Å². The Balaban J connectivity index is 1.99.